The number of thioether (sulfide) groups is 1. The van der Waals surface area contributed by atoms with E-state index in [1.807, 2.05) is 30.8 Å². The first-order valence-corrected chi connectivity index (χ1v) is 7.31. The molecule has 1 aliphatic heterocycles. The SMILES string of the molecule is CCOc1cc(C[NH+]2CCSCC2)ccc1O. The molecular formula is C13H20NO2S+. The Bertz CT molecular complexity index is 364. The third kappa shape index (κ3) is 3.54. The van der Waals surface area contributed by atoms with Crippen molar-refractivity contribution < 1.29 is 14.7 Å². The monoisotopic (exact) mass is 254 g/mol. The first-order chi connectivity index (χ1) is 8.29. The summed E-state index contributed by atoms with van der Waals surface area (Å²) in [6.45, 7) is 6.01. The van der Waals surface area contributed by atoms with Crippen LogP contribution in [0.4, 0.5) is 0 Å². The molecule has 1 aliphatic rings. The molecule has 0 bridgehead atoms. The van der Waals surface area contributed by atoms with Gasteiger partial charge < -0.3 is 14.7 Å². The number of rotatable bonds is 4. The molecule has 2 N–H and O–H groups in total. The zero-order valence-electron chi connectivity index (χ0n) is 10.2. The van der Waals surface area contributed by atoms with E-state index in [1.54, 1.807) is 11.0 Å². The van der Waals surface area contributed by atoms with Crippen LogP contribution >= 0.6 is 11.8 Å². The molecule has 1 heterocycles. The quantitative estimate of drug-likeness (QED) is 0.838. The molecule has 1 fully saturated rings. The van der Waals surface area contributed by atoms with Gasteiger partial charge in [-0.25, -0.2) is 0 Å². The van der Waals surface area contributed by atoms with E-state index in [1.165, 1.54) is 30.2 Å². The number of hydrogen-bond acceptors (Lipinski definition) is 3. The molecule has 17 heavy (non-hydrogen) atoms. The van der Waals surface area contributed by atoms with Gasteiger partial charge in [0.15, 0.2) is 11.5 Å². The maximum absolute atomic E-state index is 9.64. The second-order valence-corrected chi connectivity index (χ2v) is 5.50. The lowest BCUT2D eigenvalue weighted by atomic mass is 10.2. The van der Waals surface area contributed by atoms with Crippen LogP contribution in [0, 0.1) is 0 Å². The highest BCUT2D eigenvalue weighted by atomic mass is 32.2. The fourth-order valence-electron chi connectivity index (χ4n) is 2.07. The highest BCUT2D eigenvalue weighted by Gasteiger charge is 2.15. The summed E-state index contributed by atoms with van der Waals surface area (Å²) < 4.78 is 5.40. The molecule has 0 aromatic heterocycles. The van der Waals surface area contributed by atoms with Crippen LogP contribution in [-0.2, 0) is 6.54 Å². The van der Waals surface area contributed by atoms with Crippen molar-refractivity contribution in [2.75, 3.05) is 31.2 Å². The summed E-state index contributed by atoms with van der Waals surface area (Å²) >= 11 is 2.04. The van der Waals surface area contributed by atoms with Crippen LogP contribution in [0.15, 0.2) is 18.2 Å². The molecule has 94 valence electrons. The molecule has 0 unspecified atom stereocenters. The first kappa shape index (κ1) is 12.6. The summed E-state index contributed by atoms with van der Waals surface area (Å²) in [6, 6.07) is 5.69. The van der Waals surface area contributed by atoms with Gasteiger partial charge in [0.1, 0.15) is 6.54 Å². The van der Waals surface area contributed by atoms with E-state index in [0.717, 1.165) is 6.54 Å². The van der Waals surface area contributed by atoms with Crippen molar-refractivity contribution in [3.05, 3.63) is 23.8 Å². The molecule has 0 saturated carbocycles. The lowest BCUT2D eigenvalue weighted by molar-refractivity contribution is -0.910. The van der Waals surface area contributed by atoms with Crippen molar-refractivity contribution in [1.29, 1.82) is 0 Å². The molecule has 0 spiro atoms. The highest BCUT2D eigenvalue weighted by Crippen LogP contribution is 2.26. The Balaban J connectivity index is 2.02. The summed E-state index contributed by atoms with van der Waals surface area (Å²) in [7, 11) is 0. The van der Waals surface area contributed by atoms with Gasteiger partial charge in [-0.05, 0) is 25.1 Å². The Hall–Kier alpha value is -0.870. The number of aromatic hydroxyl groups is 1. The van der Waals surface area contributed by atoms with Crippen molar-refractivity contribution >= 4 is 11.8 Å². The van der Waals surface area contributed by atoms with Crippen molar-refractivity contribution in [3.63, 3.8) is 0 Å². The molecule has 4 heteroatoms. The molecule has 2 rings (SSSR count). The van der Waals surface area contributed by atoms with Gasteiger partial charge in [-0.15, -0.1) is 0 Å². The zero-order valence-corrected chi connectivity index (χ0v) is 11.1. The molecule has 0 amide bonds. The highest BCUT2D eigenvalue weighted by molar-refractivity contribution is 7.99. The van der Waals surface area contributed by atoms with Gasteiger partial charge >= 0.3 is 0 Å². The molecule has 3 nitrogen and oxygen atoms in total. The minimum Gasteiger partial charge on any atom is -0.504 e. The normalized spacial score (nSPS) is 17.0. The molecule has 0 aliphatic carbocycles. The maximum atomic E-state index is 9.64. The second kappa shape index (κ2) is 6.17. The zero-order chi connectivity index (χ0) is 12.1. The predicted molar refractivity (Wildman–Crippen MR) is 71.0 cm³/mol. The van der Waals surface area contributed by atoms with Crippen LogP contribution in [0.3, 0.4) is 0 Å². The number of benzene rings is 1. The van der Waals surface area contributed by atoms with Gasteiger partial charge in [0, 0.05) is 17.1 Å². The van der Waals surface area contributed by atoms with E-state index in [9.17, 15) is 5.11 Å². The van der Waals surface area contributed by atoms with Crippen molar-refractivity contribution in [3.8, 4) is 11.5 Å². The maximum Gasteiger partial charge on any atom is 0.161 e. The lowest BCUT2D eigenvalue weighted by Crippen LogP contribution is -3.12. The molecular weight excluding hydrogens is 234 g/mol. The number of phenolic OH excluding ortho intramolecular Hbond substituents is 1. The molecule has 1 aromatic carbocycles. The Kier molecular flexibility index (Phi) is 4.57. The number of ether oxygens (including phenoxy) is 1. The summed E-state index contributed by atoms with van der Waals surface area (Å²) in [6.07, 6.45) is 0. The first-order valence-electron chi connectivity index (χ1n) is 6.15. The van der Waals surface area contributed by atoms with E-state index < -0.39 is 0 Å². The number of nitrogens with one attached hydrogen (secondary N) is 1. The van der Waals surface area contributed by atoms with Crippen LogP contribution in [0.2, 0.25) is 0 Å². The minimum atomic E-state index is 0.236. The molecule has 0 radical (unpaired) electrons. The van der Waals surface area contributed by atoms with Gasteiger partial charge in [0.2, 0.25) is 0 Å². The van der Waals surface area contributed by atoms with E-state index in [-0.39, 0.29) is 5.75 Å². The van der Waals surface area contributed by atoms with E-state index in [0.29, 0.717) is 12.4 Å². The van der Waals surface area contributed by atoms with Crippen LogP contribution in [0.25, 0.3) is 0 Å². The van der Waals surface area contributed by atoms with Crippen molar-refractivity contribution in [1.82, 2.24) is 0 Å². The van der Waals surface area contributed by atoms with Gasteiger partial charge in [0.05, 0.1) is 19.7 Å². The van der Waals surface area contributed by atoms with E-state index in [4.69, 9.17) is 4.74 Å². The minimum absolute atomic E-state index is 0.236. The fraction of sp³-hybridized carbons (Fsp3) is 0.538. The average Bonchev–Trinajstić information content (AvgIpc) is 2.35. The van der Waals surface area contributed by atoms with Gasteiger partial charge in [0.25, 0.3) is 0 Å². The van der Waals surface area contributed by atoms with Gasteiger partial charge in [-0.3, -0.25) is 0 Å². The second-order valence-electron chi connectivity index (χ2n) is 4.27. The molecule has 1 saturated heterocycles. The summed E-state index contributed by atoms with van der Waals surface area (Å²) in [5.41, 5.74) is 1.24. The summed E-state index contributed by atoms with van der Waals surface area (Å²) in [4.78, 5) is 1.62. The standard InChI is InChI=1S/C13H19NO2S/c1-2-16-13-9-11(3-4-12(13)15)10-14-5-7-17-8-6-14/h3-4,9,15H,2,5-8,10H2,1H3/p+1. The fourth-order valence-corrected chi connectivity index (χ4v) is 3.14. The lowest BCUT2D eigenvalue weighted by Gasteiger charge is -2.23. The Morgan fingerprint density at radius 2 is 2.12 bits per heavy atom. The Morgan fingerprint density at radius 1 is 1.35 bits per heavy atom. The van der Waals surface area contributed by atoms with Crippen LogP contribution in [0.1, 0.15) is 12.5 Å². The number of hydrogen-bond donors (Lipinski definition) is 2. The Labute approximate surface area is 107 Å². The third-order valence-corrected chi connectivity index (χ3v) is 3.96. The Morgan fingerprint density at radius 3 is 2.82 bits per heavy atom. The van der Waals surface area contributed by atoms with E-state index in [2.05, 4.69) is 0 Å². The number of phenols is 1. The van der Waals surface area contributed by atoms with Gasteiger partial charge in [-0.2, -0.15) is 11.8 Å². The third-order valence-electron chi connectivity index (χ3n) is 2.98. The predicted octanol–water partition coefficient (Wildman–Crippen LogP) is 0.923. The van der Waals surface area contributed by atoms with Gasteiger partial charge in [-0.1, -0.05) is 0 Å². The van der Waals surface area contributed by atoms with Crippen LogP contribution in [0.5, 0.6) is 11.5 Å². The van der Waals surface area contributed by atoms with Crippen LogP contribution < -0.4 is 9.64 Å². The van der Waals surface area contributed by atoms with Crippen LogP contribution in [-0.4, -0.2) is 36.3 Å². The average molecular weight is 254 g/mol. The largest absolute Gasteiger partial charge is 0.504 e. The smallest absolute Gasteiger partial charge is 0.161 e. The molecule has 1 aromatic rings. The topological polar surface area (TPSA) is 33.9 Å². The van der Waals surface area contributed by atoms with Crippen molar-refractivity contribution in [2.45, 2.75) is 13.5 Å². The summed E-state index contributed by atoms with van der Waals surface area (Å²) in [5, 5.41) is 9.64. The van der Waals surface area contributed by atoms with E-state index >= 15 is 0 Å². The summed E-state index contributed by atoms with van der Waals surface area (Å²) in [5.74, 6) is 3.35. The number of quaternary nitrogens is 1. The van der Waals surface area contributed by atoms with Crippen molar-refractivity contribution in [2.24, 2.45) is 0 Å². The molecule has 0 atom stereocenters.